The van der Waals surface area contributed by atoms with Gasteiger partial charge in [0, 0.05) is 17.8 Å². The molecule has 0 saturated heterocycles. The van der Waals surface area contributed by atoms with Gasteiger partial charge >= 0.3 is 0 Å². The molecule has 0 fully saturated rings. The van der Waals surface area contributed by atoms with Crippen LogP contribution in [0.15, 0.2) is 48.8 Å². The van der Waals surface area contributed by atoms with Crippen LogP contribution in [0.1, 0.15) is 5.56 Å². The van der Waals surface area contributed by atoms with Crippen LogP contribution in [0.4, 0.5) is 5.82 Å². The van der Waals surface area contributed by atoms with Crippen LogP contribution in [0, 0.1) is 6.92 Å². The van der Waals surface area contributed by atoms with E-state index >= 15 is 0 Å². The number of nitrogen functional groups attached to an aromatic ring is 1. The highest BCUT2D eigenvalue weighted by Gasteiger charge is 2.06. The zero-order chi connectivity index (χ0) is 11.8. The molecule has 3 nitrogen and oxygen atoms in total. The van der Waals surface area contributed by atoms with Gasteiger partial charge in [-0.2, -0.15) is 0 Å². The van der Waals surface area contributed by atoms with Gasteiger partial charge in [0.1, 0.15) is 5.82 Å². The Labute approximate surface area is 99.5 Å². The second-order valence-electron chi connectivity index (χ2n) is 4.16. The largest absolute Gasteiger partial charge is 0.385 e. The number of hydrogen-bond donors (Lipinski definition) is 1. The zero-order valence-corrected chi connectivity index (χ0v) is 9.59. The molecule has 0 atom stereocenters. The van der Waals surface area contributed by atoms with E-state index in [4.69, 9.17) is 5.73 Å². The fraction of sp³-hybridized carbons (Fsp3) is 0.0714. The number of nitrogens with zero attached hydrogens (tertiary/aromatic N) is 2. The number of fused-ring (bicyclic) bond motifs is 1. The maximum Gasteiger partial charge on any atom is 0.108 e. The number of benzene rings is 1. The number of anilines is 1. The van der Waals surface area contributed by atoms with E-state index in [1.807, 2.05) is 42.0 Å². The Morgan fingerprint density at radius 2 is 2.06 bits per heavy atom. The van der Waals surface area contributed by atoms with Crippen LogP contribution in [0.2, 0.25) is 0 Å². The summed E-state index contributed by atoms with van der Waals surface area (Å²) in [7, 11) is 0. The van der Waals surface area contributed by atoms with Crippen molar-refractivity contribution in [1.29, 1.82) is 0 Å². The van der Waals surface area contributed by atoms with Crippen molar-refractivity contribution in [3.05, 3.63) is 54.4 Å². The summed E-state index contributed by atoms with van der Waals surface area (Å²) in [6, 6.07) is 12.0. The molecule has 0 aliphatic carbocycles. The van der Waals surface area contributed by atoms with Gasteiger partial charge in [0.25, 0.3) is 0 Å². The number of nitrogens with two attached hydrogens (primary N) is 1. The first-order chi connectivity index (χ1) is 8.25. The van der Waals surface area contributed by atoms with E-state index in [1.54, 1.807) is 6.20 Å². The monoisotopic (exact) mass is 223 g/mol. The van der Waals surface area contributed by atoms with Crippen molar-refractivity contribution in [3.8, 4) is 5.69 Å². The maximum absolute atomic E-state index is 6.01. The lowest BCUT2D eigenvalue weighted by Gasteiger charge is -2.09. The third-order valence-electron chi connectivity index (χ3n) is 2.87. The minimum atomic E-state index is 0.749. The molecule has 0 unspecified atom stereocenters. The molecule has 84 valence electrons. The normalized spacial score (nSPS) is 10.9. The molecule has 17 heavy (non-hydrogen) atoms. The third kappa shape index (κ3) is 1.56. The van der Waals surface area contributed by atoms with Crippen LogP contribution < -0.4 is 5.73 Å². The standard InChI is InChI=1S/C14H13N3/c1-10-8-14(15)17(9-10)13-6-2-5-12-11(13)4-3-7-16-12/h2-9H,15H2,1H3. The molecule has 3 rings (SSSR count). The van der Waals surface area contributed by atoms with Crippen LogP contribution >= 0.6 is 0 Å². The van der Waals surface area contributed by atoms with Gasteiger partial charge in [-0.25, -0.2) is 0 Å². The van der Waals surface area contributed by atoms with E-state index in [1.165, 1.54) is 0 Å². The highest BCUT2D eigenvalue weighted by atomic mass is 15.0. The van der Waals surface area contributed by atoms with E-state index in [9.17, 15) is 0 Å². The van der Waals surface area contributed by atoms with Crippen LogP contribution in [0.25, 0.3) is 16.6 Å². The molecule has 0 saturated carbocycles. The average Bonchev–Trinajstić information content (AvgIpc) is 2.68. The van der Waals surface area contributed by atoms with Gasteiger partial charge in [0.05, 0.1) is 11.2 Å². The zero-order valence-electron chi connectivity index (χ0n) is 9.59. The fourth-order valence-corrected chi connectivity index (χ4v) is 2.12. The first-order valence-electron chi connectivity index (χ1n) is 5.54. The molecule has 2 N–H and O–H groups in total. The van der Waals surface area contributed by atoms with Gasteiger partial charge in [0.2, 0.25) is 0 Å². The Hall–Kier alpha value is -2.29. The summed E-state index contributed by atoms with van der Waals surface area (Å²) >= 11 is 0. The third-order valence-corrected chi connectivity index (χ3v) is 2.87. The molecule has 1 aromatic carbocycles. The number of hydrogen-bond acceptors (Lipinski definition) is 2. The lowest BCUT2D eigenvalue weighted by atomic mass is 10.2. The summed E-state index contributed by atoms with van der Waals surface area (Å²) in [4.78, 5) is 4.35. The summed E-state index contributed by atoms with van der Waals surface area (Å²) < 4.78 is 2.00. The minimum Gasteiger partial charge on any atom is -0.385 e. The Kier molecular flexibility index (Phi) is 2.11. The molecule has 3 heteroatoms. The molecule has 0 radical (unpaired) electrons. The molecular formula is C14H13N3. The predicted octanol–water partition coefficient (Wildman–Crippen LogP) is 2.92. The van der Waals surface area contributed by atoms with E-state index in [0.717, 1.165) is 28.0 Å². The predicted molar refractivity (Wildman–Crippen MR) is 70.2 cm³/mol. The number of aromatic nitrogens is 2. The summed E-state index contributed by atoms with van der Waals surface area (Å²) in [5.74, 6) is 0.749. The summed E-state index contributed by atoms with van der Waals surface area (Å²) in [5.41, 5.74) is 9.22. The molecule has 0 amide bonds. The first-order valence-corrected chi connectivity index (χ1v) is 5.54. The van der Waals surface area contributed by atoms with Crippen molar-refractivity contribution in [2.45, 2.75) is 6.92 Å². The smallest absolute Gasteiger partial charge is 0.108 e. The van der Waals surface area contributed by atoms with E-state index in [0.29, 0.717) is 0 Å². The highest BCUT2D eigenvalue weighted by molar-refractivity contribution is 5.87. The van der Waals surface area contributed by atoms with Gasteiger partial charge in [-0.05, 0) is 42.8 Å². The molecule has 3 aromatic rings. The van der Waals surface area contributed by atoms with Gasteiger partial charge in [-0.3, -0.25) is 4.98 Å². The molecule has 0 bridgehead atoms. The lowest BCUT2D eigenvalue weighted by molar-refractivity contribution is 1.10. The molecule has 2 heterocycles. The van der Waals surface area contributed by atoms with Crippen molar-refractivity contribution < 1.29 is 0 Å². The Morgan fingerprint density at radius 3 is 2.82 bits per heavy atom. The summed E-state index contributed by atoms with van der Waals surface area (Å²) in [5, 5.41) is 1.11. The average molecular weight is 223 g/mol. The lowest BCUT2D eigenvalue weighted by Crippen LogP contribution is -1.99. The SMILES string of the molecule is Cc1cc(N)n(-c2cccc3ncccc23)c1. The van der Waals surface area contributed by atoms with Crippen molar-refractivity contribution in [1.82, 2.24) is 9.55 Å². The number of rotatable bonds is 1. The summed E-state index contributed by atoms with van der Waals surface area (Å²) in [6.45, 7) is 2.04. The first kappa shape index (κ1) is 9.90. The van der Waals surface area contributed by atoms with Gasteiger partial charge in [-0.15, -0.1) is 0 Å². The molecule has 0 aliphatic heterocycles. The van der Waals surface area contributed by atoms with Crippen LogP contribution in [-0.4, -0.2) is 9.55 Å². The number of pyridine rings is 1. The van der Waals surface area contributed by atoms with Gasteiger partial charge in [-0.1, -0.05) is 6.07 Å². The Morgan fingerprint density at radius 1 is 1.18 bits per heavy atom. The topological polar surface area (TPSA) is 43.8 Å². The van der Waals surface area contributed by atoms with Crippen LogP contribution in [0.3, 0.4) is 0 Å². The summed E-state index contributed by atoms with van der Waals surface area (Å²) in [6.07, 6.45) is 3.84. The van der Waals surface area contributed by atoms with Crippen LogP contribution in [-0.2, 0) is 0 Å². The molecule has 0 spiro atoms. The van der Waals surface area contributed by atoms with E-state index in [2.05, 4.69) is 17.1 Å². The van der Waals surface area contributed by atoms with E-state index < -0.39 is 0 Å². The van der Waals surface area contributed by atoms with Crippen molar-refractivity contribution >= 4 is 16.7 Å². The van der Waals surface area contributed by atoms with Crippen LogP contribution in [0.5, 0.6) is 0 Å². The van der Waals surface area contributed by atoms with Crippen molar-refractivity contribution in [2.24, 2.45) is 0 Å². The fourth-order valence-electron chi connectivity index (χ4n) is 2.12. The second kappa shape index (κ2) is 3.63. The van der Waals surface area contributed by atoms with Crippen molar-refractivity contribution in [2.75, 3.05) is 5.73 Å². The molecular weight excluding hydrogens is 210 g/mol. The molecule has 0 aliphatic rings. The minimum absolute atomic E-state index is 0.749. The Balaban J connectivity index is 2.34. The number of aryl methyl sites for hydroxylation is 1. The van der Waals surface area contributed by atoms with E-state index in [-0.39, 0.29) is 0 Å². The Bertz CT molecular complexity index is 678. The maximum atomic E-state index is 6.01. The van der Waals surface area contributed by atoms with Gasteiger partial charge in [0.15, 0.2) is 0 Å². The van der Waals surface area contributed by atoms with Crippen molar-refractivity contribution in [3.63, 3.8) is 0 Å². The second-order valence-corrected chi connectivity index (χ2v) is 4.16. The molecule has 2 aromatic heterocycles. The van der Waals surface area contributed by atoms with Gasteiger partial charge < -0.3 is 10.3 Å². The quantitative estimate of drug-likeness (QED) is 0.689. The highest BCUT2D eigenvalue weighted by Crippen LogP contribution is 2.24.